The molecular formula is C16H18O2S. The lowest BCUT2D eigenvalue weighted by Gasteiger charge is -2.34. The van der Waals surface area contributed by atoms with Crippen molar-refractivity contribution < 1.29 is 9.53 Å². The lowest BCUT2D eigenvalue weighted by molar-refractivity contribution is -0.0245. The second kappa shape index (κ2) is 5.43. The number of hydrogen-bond acceptors (Lipinski definition) is 3. The Bertz CT molecular complexity index is 581. The minimum Gasteiger partial charge on any atom is -0.378 e. The lowest BCUT2D eigenvalue weighted by Crippen LogP contribution is -2.32. The second-order valence-electron chi connectivity index (χ2n) is 5.19. The summed E-state index contributed by atoms with van der Waals surface area (Å²) in [7, 11) is 0. The van der Waals surface area contributed by atoms with Gasteiger partial charge in [-0.3, -0.25) is 4.79 Å². The summed E-state index contributed by atoms with van der Waals surface area (Å²) >= 11 is 1.66. The number of fused-ring (bicyclic) bond motifs is 1. The molecule has 1 aliphatic carbocycles. The zero-order valence-electron chi connectivity index (χ0n) is 11.1. The summed E-state index contributed by atoms with van der Waals surface area (Å²) in [6, 6.07) is 8.14. The molecule has 0 spiro atoms. The fraction of sp³-hybridized carbons (Fsp3) is 0.438. The van der Waals surface area contributed by atoms with Crippen LogP contribution in [0.2, 0.25) is 0 Å². The van der Waals surface area contributed by atoms with E-state index >= 15 is 0 Å². The highest BCUT2D eigenvalue weighted by Gasteiger charge is 2.31. The van der Waals surface area contributed by atoms with Crippen LogP contribution in [0.5, 0.6) is 0 Å². The van der Waals surface area contributed by atoms with Crippen molar-refractivity contribution in [2.75, 3.05) is 6.61 Å². The van der Waals surface area contributed by atoms with Crippen LogP contribution >= 0.6 is 11.3 Å². The van der Waals surface area contributed by atoms with Gasteiger partial charge in [-0.1, -0.05) is 18.2 Å². The lowest BCUT2D eigenvalue weighted by atomic mass is 9.78. The van der Waals surface area contributed by atoms with Crippen LogP contribution in [-0.2, 0) is 4.74 Å². The van der Waals surface area contributed by atoms with E-state index in [0.29, 0.717) is 18.4 Å². The Kier molecular flexibility index (Phi) is 3.67. The molecule has 3 rings (SSSR count). The van der Waals surface area contributed by atoms with Gasteiger partial charge in [-0.15, -0.1) is 11.3 Å². The summed E-state index contributed by atoms with van der Waals surface area (Å²) in [5.41, 5.74) is 0.903. The average Bonchev–Trinajstić information content (AvgIpc) is 2.80. The first-order valence-corrected chi connectivity index (χ1v) is 7.77. The highest BCUT2D eigenvalue weighted by molar-refractivity contribution is 7.17. The molecule has 0 saturated heterocycles. The van der Waals surface area contributed by atoms with Gasteiger partial charge in [0, 0.05) is 34.1 Å². The molecule has 0 aliphatic heterocycles. The van der Waals surface area contributed by atoms with Crippen LogP contribution in [0.4, 0.5) is 0 Å². The number of thiophene rings is 1. The van der Waals surface area contributed by atoms with E-state index in [0.717, 1.165) is 30.4 Å². The summed E-state index contributed by atoms with van der Waals surface area (Å²) in [5.74, 6) is 0.806. The van der Waals surface area contributed by atoms with Crippen molar-refractivity contribution in [3.8, 4) is 0 Å². The molecule has 100 valence electrons. The van der Waals surface area contributed by atoms with Crippen LogP contribution in [0, 0.1) is 5.92 Å². The van der Waals surface area contributed by atoms with Gasteiger partial charge in [0.05, 0.1) is 6.10 Å². The minimum atomic E-state index is 0.289. The monoisotopic (exact) mass is 274 g/mol. The Hall–Kier alpha value is -1.19. The number of rotatable bonds is 5. The molecule has 1 heterocycles. The van der Waals surface area contributed by atoms with E-state index in [9.17, 15) is 4.79 Å². The van der Waals surface area contributed by atoms with Gasteiger partial charge in [-0.25, -0.2) is 0 Å². The van der Waals surface area contributed by atoms with Gasteiger partial charge in [-0.05, 0) is 31.7 Å². The molecule has 1 fully saturated rings. The molecule has 3 heteroatoms. The largest absolute Gasteiger partial charge is 0.378 e. The number of hydrogen-bond donors (Lipinski definition) is 0. The van der Waals surface area contributed by atoms with Gasteiger partial charge in [0.25, 0.3) is 0 Å². The van der Waals surface area contributed by atoms with Gasteiger partial charge in [0.1, 0.15) is 0 Å². The molecule has 2 aromatic rings. The number of ether oxygens (including phenoxy) is 1. The number of benzene rings is 1. The maximum atomic E-state index is 12.4. The smallest absolute Gasteiger partial charge is 0.164 e. The van der Waals surface area contributed by atoms with Crippen molar-refractivity contribution in [3.63, 3.8) is 0 Å². The molecule has 1 saturated carbocycles. The van der Waals surface area contributed by atoms with E-state index in [4.69, 9.17) is 4.74 Å². The van der Waals surface area contributed by atoms with E-state index in [1.165, 1.54) is 4.70 Å². The molecule has 0 atom stereocenters. The van der Waals surface area contributed by atoms with Crippen LogP contribution in [0.25, 0.3) is 10.1 Å². The van der Waals surface area contributed by atoms with Gasteiger partial charge in [0.15, 0.2) is 5.78 Å². The molecular weight excluding hydrogens is 256 g/mol. The normalized spacial score (nSPS) is 22.4. The summed E-state index contributed by atoms with van der Waals surface area (Å²) in [4.78, 5) is 12.4. The predicted molar refractivity (Wildman–Crippen MR) is 78.9 cm³/mol. The van der Waals surface area contributed by atoms with Crippen molar-refractivity contribution in [2.45, 2.75) is 32.3 Å². The molecule has 1 aromatic heterocycles. The Morgan fingerprint density at radius 2 is 2.16 bits per heavy atom. The highest BCUT2D eigenvalue weighted by Crippen LogP contribution is 2.35. The number of carbonyl (C=O) groups is 1. The van der Waals surface area contributed by atoms with E-state index in [1.807, 2.05) is 30.5 Å². The maximum absolute atomic E-state index is 12.4. The molecule has 0 N–H and O–H groups in total. The van der Waals surface area contributed by atoms with Gasteiger partial charge >= 0.3 is 0 Å². The third-order valence-corrected chi connectivity index (χ3v) is 4.81. The number of Topliss-reactive ketones (excluding diaryl/α,β-unsaturated/α-hetero) is 1. The van der Waals surface area contributed by atoms with Crippen LogP contribution in [-0.4, -0.2) is 18.5 Å². The molecule has 19 heavy (non-hydrogen) atoms. The van der Waals surface area contributed by atoms with Crippen molar-refractivity contribution in [1.29, 1.82) is 0 Å². The fourth-order valence-electron chi connectivity index (χ4n) is 2.78. The van der Waals surface area contributed by atoms with E-state index < -0.39 is 0 Å². The fourth-order valence-corrected chi connectivity index (χ4v) is 3.74. The molecule has 2 nitrogen and oxygen atoms in total. The summed E-state index contributed by atoms with van der Waals surface area (Å²) in [6.45, 7) is 2.80. The SMILES string of the molecule is CCOC1CC(CC(=O)c2csc3ccccc23)C1. The highest BCUT2D eigenvalue weighted by atomic mass is 32.1. The van der Waals surface area contributed by atoms with E-state index in [2.05, 4.69) is 6.07 Å². The van der Waals surface area contributed by atoms with Crippen molar-refractivity contribution in [1.82, 2.24) is 0 Å². The summed E-state index contributed by atoms with van der Waals surface area (Å²) in [6.07, 6.45) is 3.15. The number of ketones is 1. The zero-order valence-corrected chi connectivity index (χ0v) is 11.9. The second-order valence-corrected chi connectivity index (χ2v) is 6.10. The number of carbonyl (C=O) groups excluding carboxylic acids is 1. The maximum Gasteiger partial charge on any atom is 0.164 e. The molecule has 0 bridgehead atoms. The topological polar surface area (TPSA) is 26.3 Å². The van der Waals surface area contributed by atoms with Crippen molar-refractivity contribution >= 4 is 27.2 Å². The van der Waals surface area contributed by atoms with Crippen LogP contribution in [0.15, 0.2) is 29.6 Å². The zero-order chi connectivity index (χ0) is 13.2. The Morgan fingerprint density at radius 1 is 1.37 bits per heavy atom. The Balaban J connectivity index is 1.65. The van der Waals surface area contributed by atoms with Gasteiger partial charge < -0.3 is 4.74 Å². The molecule has 0 unspecified atom stereocenters. The van der Waals surface area contributed by atoms with Gasteiger partial charge in [-0.2, -0.15) is 0 Å². The minimum absolute atomic E-state index is 0.289. The third-order valence-electron chi connectivity index (χ3n) is 3.85. The first kappa shape index (κ1) is 12.8. The molecule has 1 aromatic carbocycles. The standard InChI is InChI=1S/C16H18O2S/c1-2-18-12-7-11(8-12)9-15(17)14-10-19-16-6-4-3-5-13(14)16/h3-6,10-12H,2,7-9H2,1H3. The molecule has 0 radical (unpaired) electrons. The Labute approximate surface area is 117 Å². The summed E-state index contributed by atoms with van der Waals surface area (Å²) < 4.78 is 6.74. The first-order chi connectivity index (χ1) is 9.28. The summed E-state index contributed by atoms with van der Waals surface area (Å²) in [5, 5.41) is 3.12. The van der Waals surface area contributed by atoms with Crippen LogP contribution < -0.4 is 0 Å². The van der Waals surface area contributed by atoms with Gasteiger partial charge in [0.2, 0.25) is 0 Å². The van der Waals surface area contributed by atoms with E-state index in [-0.39, 0.29) is 5.78 Å². The predicted octanol–water partition coefficient (Wildman–Crippen LogP) is 4.29. The van der Waals surface area contributed by atoms with E-state index in [1.54, 1.807) is 11.3 Å². The quantitative estimate of drug-likeness (QED) is 0.760. The van der Waals surface area contributed by atoms with Crippen LogP contribution in [0.3, 0.4) is 0 Å². The Morgan fingerprint density at radius 3 is 2.95 bits per heavy atom. The first-order valence-electron chi connectivity index (χ1n) is 6.89. The third kappa shape index (κ3) is 2.58. The molecule has 0 amide bonds. The average molecular weight is 274 g/mol. The van der Waals surface area contributed by atoms with Crippen LogP contribution in [0.1, 0.15) is 36.5 Å². The van der Waals surface area contributed by atoms with Crippen molar-refractivity contribution in [2.24, 2.45) is 5.92 Å². The van der Waals surface area contributed by atoms with Crippen molar-refractivity contribution in [3.05, 3.63) is 35.2 Å². The molecule has 1 aliphatic rings.